The summed E-state index contributed by atoms with van der Waals surface area (Å²) in [6.45, 7) is 3.02. The van der Waals surface area contributed by atoms with Crippen LogP contribution in [-0.4, -0.2) is 30.6 Å². The third kappa shape index (κ3) is 2.74. The second-order valence-corrected chi connectivity index (χ2v) is 6.01. The van der Waals surface area contributed by atoms with Crippen molar-refractivity contribution in [3.05, 3.63) is 28.8 Å². The summed E-state index contributed by atoms with van der Waals surface area (Å²) in [6, 6.07) is 4.05. The summed E-state index contributed by atoms with van der Waals surface area (Å²) in [4.78, 5) is 2.37. The molecular formula is C14H16ClF3N2. The SMILES string of the molecule is FC(F)(F)c1cc(Cl)ccc1NC1CCN2CCC1C2. The quantitative estimate of drug-likeness (QED) is 0.892. The van der Waals surface area contributed by atoms with Crippen molar-refractivity contribution < 1.29 is 13.2 Å². The maximum absolute atomic E-state index is 13.1. The number of piperidine rings is 1. The average Bonchev–Trinajstić information content (AvgIpc) is 2.76. The molecule has 2 aliphatic heterocycles. The molecule has 2 fully saturated rings. The van der Waals surface area contributed by atoms with E-state index in [-0.39, 0.29) is 16.8 Å². The van der Waals surface area contributed by atoms with Gasteiger partial charge in [-0.25, -0.2) is 0 Å². The lowest BCUT2D eigenvalue weighted by Crippen LogP contribution is -2.39. The van der Waals surface area contributed by atoms with E-state index in [0.29, 0.717) is 5.92 Å². The summed E-state index contributed by atoms with van der Waals surface area (Å²) in [5, 5.41) is 3.22. The monoisotopic (exact) mass is 304 g/mol. The van der Waals surface area contributed by atoms with Gasteiger partial charge in [0, 0.05) is 29.8 Å². The number of fused-ring (bicyclic) bond motifs is 2. The number of hydrogen-bond acceptors (Lipinski definition) is 2. The van der Waals surface area contributed by atoms with E-state index in [1.165, 1.54) is 12.1 Å². The zero-order valence-electron chi connectivity index (χ0n) is 10.9. The van der Waals surface area contributed by atoms with E-state index in [4.69, 9.17) is 11.6 Å². The van der Waals surface area contributed by atoms with Crippen LogP contribution in [0, 0.1) is 5.92 Å². The van der Waals surface area contributed by atoms with Crippen LogP contribution in [-0.2, 0) is 6.18 Å². The van der Waals surface area contributed by atoms with Crippen molar-refractivity contribution in [3.63, 3.8) is 0 Å². The van der Waals surface area contributed by atoms with Gasteiger partial charge in [0.1, 0.15) is 0 Å². The van der Waals surface area contributed by atoms with E-state index in [1.807, 2.05) is 0 Å². The summed E-state index contributed by atoms with van der Waals surface area (Å²) < 4.78 is 39.2. The Bertz CT molecular complexity index is 504. The first kappa shape index (κ1) is 14.0. The Labute approximate surface area is 120 Å². The van der Waals surface area contributed by atoms with Crippen molar-refractivity contribution >= 4 is 17.3 Å². The van der Waals surface area contributed by atoms with E-state index in [0.717, 1.165) is 38.5 Å². The molecule has 0 amide bonds. The Morgan fingerprint density at radius 2 is 1.95 bits per heavy atom. The molecule has 2 nitrogen and oxygen atoms in total. The highest BCUT2D eigenvalue weighted by Crippen LogP contribution is 2.38. The number of rotatable bonds is 2. The third-order valence-electron chi connectivity index (χ3n) is 4.26. The van der Waals surface area contributed by atoms with Gasteiger partial charge in [-0.1, -0.05) is 11.6 Å². The predicted octanol–water partition coefficient (Wildman–Crippen LogP) is 3.86. The highest BCUT2D eigenvalue weighted by Gasteiger charge is 2.37. The van der Waals surface area contributed by atoms with Crippen LogP contribution in [0.4, 0.5) is 18.9 Å². The minimum atomic E-state index is -4.39. The Morgan fingerprint density at radius 3 is 2.70 bits per heavy atom. The van der Waals surface area contributed by atoms with E-state index in [9.17, 15) is 13.2 Å². The molecule has 3 atom stereocenters. The second kappa shape index (κ2) is 5.11. The van der Waals surface area contributed by atoms with E-state index in [1.54, 1.807) is 0 Å². The van der Waals surface area contributed by atoms with E-state index < -0.39 is 11.7 Å². The van der Waals surface area contributed by atoms with Gasteiger partial charge in [-0.15, -0.1) is 0 Å². The molecule has 1 aromatic rings. The van der Waals surface area contributed by atoms with Crippen molar-refractivity contribution in [3.8, 4) is 0 Å². The number of halogens is 4. The lowest BCUT2D eigenvalue weighted by atomic mass is 9.93. The molecule has 2 heterocycles. The van der Waals surface area contributed by atoms with Gasteiger partial charge in [0.2, 0.25) is 0 Å². The first-order valence-corrected chi connectivity index (χ1v) is 7.17. The van der Waals surface area contributed by atoms with Crippen molar-refractivity contribution in [2.75, 3.05) is 25.0 Å². The molecular weight excluding hydrogens is 289 g/mol. The maximum Gasteiger partial charge on any atom is 0.418 e. The fourth-order valence-corrected chi connectivity index (χ4v) is 3.39. The van der Waals surface area contributed by atoms with Crippen LogP contribution in [0.1, 0.15) is 18.4 Å². The van der Waals surface area contributed by atoms with Gasteiger partial charge >= 0.3 is 6.18 Å². The molecule has 6 heteroatoms. The maximum atomic E-state index is 13.1. The molecule has 2 saturated heterocycles. The molecule has 2 aliphatic rings. The number of hydrogen-bond donors (Lipinski definition) is 1. The number of anilines is 1. The summed E-state index contributed by atoms with van der Waals surface area (Å²) in [6.07, 6.45) is -2.43. The lowest BCUT2D eigenvalue weighted by molar-refractivity contribution is -0.137. The summed E-state index contributed by atoms with van der Waals surface area (Å²) in [5.74, 6) is 0.445. The molecule has 3 unspecified atom stereocenters. The van der Waals surface area contributed by atoms with Gasteiger partial charge in [0.05, 0.1) is 5.56 Å². The van der Waals surface area contributed by atoms with Crippen LogP contribution in [0.2, 0.25) is 5.02 Å². The topological polar surface area (TPSA) is 15.3 Å². The highest BCUT2D eigenvalue weighted by atomic mass is 35.5. The van der Waals surface area contributed by atoms with Crippen molar-refractivity contribution in [2.24, 2.45) is 5.92 Å². The Kier molecular flexibility index (Phi) is 3.58. The minimum Gasteiger partial charge on any atom is -0.381 e. The molecule has 0 radical (unpaired) electrons. The van der Waals surface area contributed by atoms with E-state index >= 15 is 0 Å². The van der Waals surface area contributed by atoms with Gasteiger partial charge in [-0.05, 0) is 43.5 Å². The van der Waals surface area contributed by atoms with Gasteiger partial charge in [-0.2, -0.15) is 13.2 Å². The van der Waals surface area contributed by atoms with Crippen molar-refractivity contribution in [1.29, 1.82) is 0 Å². The van der Waals surface area contributed by atoms with Crippen LogP contribution in [0.15, 0.2) is 18.2 Å². The number of nitrogens with one attached hydrogen (secondary N) is 1. The van der Waals surface area contributed by atoms with E-state index in [2.05, 4.69) is 10.2 Å². The van der Waals surface area contributed by atoms with Crippen LogP contribution >= 0.6 is 11.6 Å². The molecule has 0 aromatic heterocycles. The Hall–Kier alpha value is -0.940. The second-order valence-electron chi connectivity index (χ2n) is 5.58. The molecule has 0 aliphatic carbocycles. The zero-order valence-corrected chi connectivity index (χ0v) is 11.6. The van der Waals surface area contributed by atoms with Crippen LogP contribution < -0.4 is 5.32 Å². The molecule has 1 N–H and O–H groups in total. The Morgan fingerprint density at radius 1 is 1.20 bits per heavy atom. The first-order valence-electron chi connectivity index (χ1n) is 6.79. The normalized spacial score (nSPS) is 29.5. The highest BCUT2D eigenvalue weighted by molar-refractivity contribution is 6.30. The number of benzene rings is 1. The van der Waals surface area contributed by atoms with Gasteiger partial charge < -0.3 is 10.2 Å². The predicted molar refractivity (Wildman–Crippen MR) is 73.0 cm³/mol. The van der Waals surface area contributed by atoms with Crippen molar-refractivity contribution in [1.82, 2.24) is 4.90 Å². The molecule has 3 rings (SSSR count). The van der Waals surface area contributed by atoms with Gasteiger partial charge in [0.25, 0.3) is 0 Å². The molecule has 110 valence electrons. The summed E-state index contributed by atoms with van der Waals surface area (Å²) in [5.41, 5.74) is -0.530. The van der Waals surface area contributed by atoms with Crippen molar-refractivity contribution in [2.45, 2.75) is 25.1 Å². The molecule has 1 aromatic carbocycles. The largest absolute Gasteiger partial charge is 0.418 e. The summed E-state index contributed by atoms with van der Waals surface area (Å²) >= 11 is 5.69. The number of alkyl halides is 3. The van der Waals surface area contributed by atoms with Crippen LogP contribution in [0.3, 0.4) is 0 Å². The Balaban J connectivity index is 1.83. The van der Waals surface area contributed by atoms with Gasteiger partial charge in [0.15, 0.2) is 0 Å². The average molecular weight is 305 g/mol. The standard InChI is InChI=1S/C14H16ClF3N2/c15-10-1-2-13(11(7-10)14(16,17)18)19-12-4-6-20-5-3-9(12)8-20/h1-2,7,9,12,19H,3-6,8H2. The third-order valence-corrected chi connectivity index (χ3v) is 4.50. The lowest BCUT2D eigenvalue weighted by Gasteiger charge is -2.32. The van der Waals surface area contributed by atoms with Crippen LogP contribution in [0.5, 0.6) is 0 Å². The minimum absolute atomic E-state index is 0.110. The van der Waals surface area contributed by atoms with Crippen LogP contribution in [0.25, 0.3) is 0 Å². The fraction of sp³-hybridized carbons (Fsp3) is 0.571. The fourth-order valence-electron chi connectivity index (χ4n) is 3.22. The number of nitrogens with zero attached hydrogens (tertiary/aromatic N) is 1. The summed E-state index contributed by atoms with van der Waals surface area (Å²) in [7, 11) is 0. The molecule has 0 saturated carbocycles. The zero-order chi connectivity index (χ0) is 14.3. The molecule has 20 heavy (non-hydrogen) atoms. The smallest absolute Gasteiger partial charge is 0.381 e. The van der Waals surface area contributed by atoms with Gasteiger partial charge in [-0.3, -0.25) is 0 Å². The first-order chi connectivity index (χ1) is 9.43. The molecule has 2 bridgehead atoms. The molecule has 0 spiro atoms.